The van der Waals surface area contributed by atoms with E-state index < -0.39 is 24.1 Å². The van der Waals surface area contributed by atoms with Gasteiger partial charge in [0.15, 0.2) is 6.61 Å². The predicted molar refractivity (Wildman–Crippen MR) is 103 cm³/mol. The molecule has 1 heterocycles. The summed E-state index contributed by atoms with van der Waals surface area (Å²) in [6.07, 6.45) is 0. The number of para-hydroxylation sites is 1. The zero-order valence-electron chi connectivity index (χ0n) is 14.3. The van der Waals surface area contributed by atoms with Crippen molar-refractivity contribution in [2.45, 2.75) is 4.90 Å². The first kappa shape index (κ1) is 18.7. The second kappa shape index (κ2) is 9.05. The molecule has 1 N–H and O–H groups in total. The highest BCUT2D eigenvalue weighted by atomic mass is 32.2. The van der Waals surface area contributed by atoms with Crippen molar-refractivity contribution in [3.8, 4) is 0 Å². The molecule has 0 aliphatic carbocycles. The largest absolute Gasteiger partial charge is 0.452 e. The average Bonchev–Trinajstić information content (AvgIpc) is 2.69. The molecule has 3 aromatic rings. The van der Waals surface area contributed by atoms with Gasteiger partial charge in [0, 0.05) is 22.6 Å². The van der Waals surface area contributed by atoms with Crippen LogP contribution in [0.15, 0.2) is 74.8 Å². The molecule has 27 heavy (non-hydrogen) atoms. The summed E-state index contributed by atoms with van der Waals surface area (Å²) >= 11 is 1.61. The van der Waals surface area contributed by atoms with E-state index in [-0.39, 0.29) is 5.56 Å². The second-order valence-electron chi connectivity index (χ2n) is 5.57. The lowest BCUT2D eigenvalue weighted by molar-refractivity contribution is -0.124. The van der Waals surface area contributed by atoms with Gasteiger partial charge in [-0.05, 0) is 24.3 Å². The van der Waals surface area contributed by atoms with E-state index in [4.69, 9.17) is 9.15 Å². The number of amides is 1. The second-order valence-corrected chi connectivity index (χ2v) is 6.74. The molecule has 0 fully saturated rings. The fraction of sp³-hybridized carbons (Fsp3) is 0.150. The van der Waals surface area contributed by atoms with Crippen LogP contribution in [0.3, 0.4) is 0 Å². The van der Waals surface area contributed by atoms with Gasteiger partial charge in [0.05, 0.1) is 0 Å². The Morgan fingerprint density at radius 3 is 2.59 bits per heavy atom. The summed E-state index contributed by atoms with van der Waals surface area (Å²) in [6.45, 7) is -0.0187. The first-order valence-electron chi connectivity index (χ1n) is 8.28. The topological polar surface area (TPSA) is 85.6 Å². The van der Waals surface area contributed by atoms with Crippen molar-refractivity contribution in [3.05, 3.63) is 76.6 Å². The molecule has 0 bridgehead atoms. The van der Waals surface area contributed by atoms with Crippen LogP contribution in [0.25, 0.3) is 11.0 Å². The van der Waals surface area contributed by atoms with Crippen molar-refractivity contribution < 1.29 is 18.7 Å². The standard InChI is InChI=1S/C20H17NO5S/c22-18(21-10-11-27-15-7-2-1-3-8-15)13-25-19(23)16-12-14-6-4-5-9-17(14)26-20(16)24/h1-9,12H,10-11,13H2,(H,21,22). The molecule has 0 spiro atoms. The molecule has 3 rings (SSSR count). The lowest BCUT2D eigenvalue weighted by atomic mass is 10.2. The van der Waals surface area contributed by atoms with Crippen LogP contribution in [-0.4, -0.2) is 30.8 Å². The number of carbonyl (C=O) groups excluding carboxylic acids is 2. The molecule has 0 atom stereocenters. The molecule has 6 nitrogen and oxygen atoms in total. The monoisotopic (exact) mass is 383 g/mol. The molecule has 1 amide bonds. The van der Waals surface area contributed by atoms with Gasteiger partial charge in [-0.15, -0.1) is 11.8 Å². The lowest BCUT2D eigenvalue weighted by Gasteiger charge is -2.06. The molecule has 7 heteroatoms. The van der Waals surface area contributed by atoms with Gasteiger partial charge in [0.2, 0.25) is 0 Å². The van der Waals surface area contributed by atoms with Crippen LogP contribution in [0, 0.1) is 0 Å². The van der Waals surface area contributed by atoms with Crippen molar-refractivity contribution in [1.29, 1.82) is 0 Å². The molecule has 0 aliphatic heterocycles. The highest BCUT2D eigenvalue weighted by molar-refractivity contribution is 7.99. The quantitative estimate of drug-likeness (QED) is 0.292. The first-order chi connectivity index (χ1) is 13.1. The fourth-order valence-corrected chi connectivity index (χ4v) is 3.13. The molecular weight excluding hydrogens is 366 g/mol. The Bertz CT molecular complexity index is 1000. The molecule has 0 radical (unpaired) electrons. The third-order valence-electron chi connectivity index (χ3n) is 3.63. The maximum Gasteiger partial charge on any atom is 0.351 e. The fourth-order valence-electron chi connectivity index (χ4n) is 2.34. The number of nitrogens with one attached hydrogen (secondary N) is 1. The van der Waals surface area contributed by atoms with Crippen molar-refractivity contribution in [2.24, 2.45) is 0 Å². The molecule has 0 unspecified atom stereocenters. The molecule has 1 aromatic heterocycles. The molecule has 0 aliphatic rings. The van der Waals surface area contributed by atoms with E-state index in [0.717, 1.165) is 4.90 Å². The maximum atomic E-state index is 12.1. The summed E-state index contributed by atoms with van der Waals surface area (Å²) in [5.41, 5.74) is -0.646. The van der Waals surface area contributed by atoms with Gasteiger partial charge in [0.25, 0.3) is 5.91 Å². The van der Waals surface area contributed by atoms with Gasteiger partial charge in [-0.3, -0.25) is 4.79 Å². The summed E-state index contributed by atoms with van der Waals surface area (Å²) in [4.78, 5) is 36.9. The van der Waals surface area contributed by atoms with E-state index in [9.17, 15) is 14.4 Å². The molecule has 0 saturated heterocycles. The average molecular weight is 383 g/mol. The van der Waals surface area contributed by atoms with E-state index in [0.29, 0.717) is 23.3 Å². The van der Waals surface area contributed by atoms with Crippen LogP contribution in [0.2, 0.25) is 0 Å². The molecular formula is C20H17NO5S. The van der Waals surface area contributed by atoms with E-state index >= 15 is 0 Å². The third-order valence-corrected chi connectivity index (χ3v) is 4.65. The normalized spacial score (nSPS) is 10.5. The van der Waals surface area contributed by atoms with Crippen LogP contribution >= 0.6 is 11.8 Å². The van der Waals surface area contributed by atoms with E-state index in [1.807, 2.05) is 30.3 Å². The summed E-state index contributed by atoms with van der Waals surface area (Å²) < 4.78 is 10.00. The van der Waals surface area contributed by atoms with E-state index in [2.05, 4.69) is 5.32 Å². The van der Waals surface area contributed by atoms with Crippen LogP contribution < -0.4 is 10.9 Å². The zero-order chi connectivity index (χ0) is 19.1. The predicted octanol–water partition coefficient (Wildman–Crippen LogP) is 2.86. The van der Waals surface area contributed by atoms with Gasteiger partial charge in [-0.2, -0.15) is 0 Å². The SMILES string of the molecule is O=C(COC(=O)c1cc2ccccc2oc1=O)NCCSc1ccccc1. The minimum Gasteiger partial charge on any atom is -0.452 e. The number of carbonyl (C=O) groups is 2. The van der Waals surface area contributed by atoms with Crippen molar-refractivity contribution in [2.75, 3.05) is 18.9 Å². The minimum absolute atomic E-state index is 0.235. The highest BCUT2D eigenvalue weighted by Crippen LogP contribution is 2.15. The molecule has 138 valence electrons. The first-order valence-corrected chi connectivity index (χ1v) is 9.26. The number of rotatable bonds is 7. The number of ether oxygens (including phenoxy) is 1. The van der Waals surface area contributed by atoms with Gasteiger partial charge in [-0.25, -0.2) is 9.59 Å². The van der Waals surface area contributed by atoms with Crippen LogP contribution in [-0.2, 0) is 9.53 Å². The van der Waals surface area contributed by atoms with Gasteiger partial charge in [-0.1, -0.05) is 36.4 Å². The highest BCUT2D eigenvalue weighted by Gasteiger charge is 2.16. The number of thioether (sulfide) groups is 1. The molecule has 2 aromatic carbocycles. The van der Waals surface area contributed by atoms with E-state index in [1.165, 1.54) is 6.07 Å². The Morgan fingerprint density at radius 2 is 1.78 bits per heavy atom. The number of esters is 1. The summed E-state index contributed by atoms with van der Waals surface area (Å²) in [5, 5.41) is 3.27. The number of benzene rings is 2. The Kier molecular flexibility index (Phi) is 6.27. The van der Waals surface area contributed by atoms with E-state index in [1.54, 1.807) is 36.0 Å². The Hall–Kier alpha value is -3.06. The smallest absolute Gasteiger partial charge is 0.351 e. The Balaban J connectivity index is 1.46. The van der Waals surface area contributed by atoms with Crippen LogP contribution in [0.5, 0.6) is 0 Å². The van der Waals surface area contributed by atoms with Crippen molar-refractivity contribution in [1.82, 2.24) is 5.32 Å². The van der Waals surface area contributed by atoms with Gasteiger partial charge in [0.1, 0.15) is 11.1 Å². The van der Waals surface area contributed by atoms with Crippen molar-refractivity contribution >= 4 is 34.6 Å². The third kappa shape index (κ3) is 5.21. The zero-order valence-corrected chi connectivity index (χ0v) is 15.2. The number of hydrogen-bond donors (Lipinski definition) is 1. The number of fused-ring (bicyclic) bond motifs is 1. The van der Waals surface area contributed by atoms with Crippen molar-refractivity contribution in [3.63, 3.8) is 0 Å². The summed E-state index contributed by atoms with van der Waals surface area (Å²) in [7, 11) is 0. The van der Waals surface area contributed by atoms with Gasteiger partial charge < -0.3 is 14.5 Å². The Labute approximate surface area is 159 Å². The summed E-state index contributed by atoms with van der Waals surface area (Å²) in [6, 6.07) is 18.1. The number of hydrogen-bond acceptors (Lipinski definition) is 6. The Morgan fingerprint density at radius 1 is 1.04 bits per heavy atom. The van der Waals surface area contributed by atoms with Crippen LogP contribution in [0.4, 0.5) is 0 Å². The lowest BCUT2D eigenvalue weighted by Crippen LogP contribution is -2.31. The summed E-state index contributed by atoms with van der Waals surface area (Å²) in [5.74, 6) is -0.622. The van der Waals surface area contributed by atoms with Gasteiger partial charge >= 0.3 is 11.6 Å². The molecule has 0 saturated carbocycles. The maximum absolute atomic E-state index is 12.1. The minimum atomic E-state index is -0.886. The van der Waals surface area contributed by atoms with Crippen LogP contribution in [0.1, 0.15) is 10.4 Å².